The van der Waals surface area contributed by atoms with Gasteiger partial charge >= 0.3 is 5.97 Å². The molecule has 8 atom stereocenters. The largest absolute Gasteiger partial charge is 0.504 e. The van der Waals surface area contributed by atoms with Crippen LogP contribution in [0.25, 0.3) is 10.9 Å². The summed E-state index contributed by atoms with van der Waals surface area (Å²) >= 11 is 1.72. The number of aromatic nitrogens is 1. The number of aliphatic hydroxyl groups excluding tert-OH is 1. The third-order valence-corrected chi connectivity index (χ3v) is 12.5. The van der Waals surface area contributed by atoms with Crippen LogP contribution in [0.4, 0.5) is 5.69 Å². The molecule has 0 bridgehead atoms. The molecule has 0 radical (unpaired) electrons. The average Bonchev–Trinajstić information content (AvgIpc) is 3.77. The predicted molar refractivity (Wildman–Crippen MR) is 208 cm³/mol. The maximum Gasteiger partial charge on any atom is 0.307 e. The number of phenolic OH excluding ortho intramolecular Hbond substituents is 1. The highest BCUT2D eigenvalue weighted by Crippen LogP contribution is 2.56. The van der Waals surface area contributed by atoms with Crippen LogP contribution < -0.4 is 15.8 Å². The quantitative estimate of drug-likeness (QED) is 0.139. The Morgan fingerprint density at radius 3 is 2.72 bits per heavy atom. The molecule has 0 amide bonds. The standard InChI is InChI=1S/C38H45N5O7S.C3H6/c1-19-14-40-26(34-31(19)24-12-21(39)8-9-25(24)41-34)16-51-11-10-22-32-29(50-20(2)45)13-30-38(49-18-48-30)33(32)27(15-44)43-17-42(3)35(36(22)43)23-6-5-7-28(47-4)37(23)46;1-2-3-1/h5-13,19,22,26-27,32-33,35-36,40-41,44,46H,14-18,39H2,1-4H3;1-3H2. The molecule has 12 nitrogen and oxygen atoms in total. The minimum atomic E-state index is -0.429. The number of likely N-dealkylation sites (N-methyl/N-ethyl adjacent to an activating group) is 1. The molecule has 1 saturated carbocycles. The van der Waals surface area contributed by atoms with E-state index in [1.54, 1.807) is 31.0 Å². The van der Waals surface area contributed by atoms with Crippen molar-refractivity contribution in [2.45, 2.75) is 63.2 Å². The summed E-state index contributed by atoms with van der Waals surface area (Å²) in [5.74, 6) is 1.96. The van der Waals surface area contributed by atoms with Gasteiger partial charge in [-0.05, 0) is 48.2 Å². The second kappa shape index (κ2) is 15.2. The average molecular weight is 758 g/mol. The number of H-pyrrole nitrogens is 1. The number of nitrogens with zero attached hydrogens (tertiary/aromatic N) is 2. The third-order valence-electron chi connectivity index (χ3n) is 11.6. The highest BCUT2D eigenvalue weighted by Gasteiger charge is 2.60. The van der Waals surface area contributed by atoms with Crippen molar-refractivity contribution in [3.63, 3.8) is 0 Å². The topological polar surface area (TPSA) is 155 Å². The highest BCUT2D eigenvalue weighted by atomic mass is 32.2. The number of fused-ring (bicyclic) bond motifs is 6. The summed E-state index contributed by atoms with van der Waals surface area (Å²) in [7, 11) is 3.57. The minimum absolute atomic E-state index is 0.0607. The fourth-order valence-corrected chi connectivity index (χ4v) is 10.1. The molecule has 2 aromatic carbocycles. The van der Waals surface area contributed by atoms with Crippen LogP contribution in [-0.2, 0) is 19.0 Å². The van der Waals surface area contributed by atoms with Gasteiger partial charge in [0.25, 0.3) is 0 Å². The van der Waals surface area contributed by atoms with Gasteiger partial charge in [0.1, 0.15) is 11.5 Å². The molecular formula is C41H51N5O7S. The number of benzene rings is 2. The van der Waals surface area contributed by atoms with Crippen LogP contribution >= 0.6 is 11.8 Å². The van der Waals surface area contributed by atoms with Gasteiger partial charge in [0, 0.05) is 83.0 Å². The highest BCUT2D eigenvalue weighted by molar-refractivity contribution is 8.02. The molecule has 13 heteroatoms. The number of aromatic amines is 1. The van der Waals surface area contributed by atoms with E-state index in [2.05, 4.69) is 50.6 Å². The van der Waals surface area contributed by atoms with Crippen LogP contribution in [-0.4, -0.2) is 89.6 Å². The van der Waals surface area contributed by atoms with Gasteiger partial charge in [-0.3, -0.25) is 14.6 Å². The van der Waals surface area contributed by atoms with Crippen LogP contribution in [0, 0.1) is 17.8 Å². The first-order chi connectivity index (χ1) is 26.2. The van der Waals surface area contributed by atoms with Gasteiger partial charge in [-0.15, -0.1) is 11.8 Å². The molecule has 6 aliphatic rings. The van der Waals surface area contributed by atoms with Crippen LogP contribution in [0.2, 0.25) is 0 Å². The third kappa shape index (κ3) is 6.63. The number of phenols is 1. The van der Waals surface area contributed by atoms with Gasteiger partial charge in [0.05, 0.1) is 32.5 Å². The van der Waals surface area contributed by atoms with Crippen molar-refractivity contribution >= 4 is 34.3 Å². The number of thioether (sulfide) groups is 1. The Morgan fingerprint density at radius 2 is 1.98 bits per heavy atom. The van der Waals surface area contributed by atoms with Crippen LogP contribution in [0.3, 0.4) is 0 Å². The molecule has 9 rings (SSSR count). The van der Waals surface area contributed by atoms with Gasteiger partial charge in [0.15, 0.2) is 17.3 Å². The van der Waals surface area contributed by atoms with E-state index < -0.39 is 5.97 Å². The lowest BCUT2D eigenvalue weighted by Crippen LogP contribution is -2.60. The molecule has 2 aliphatic carbocycles. The Hall–Kier alpha value is -4.14. The number of para-hydroxylation sites is 1. The van der Waals surface area contributed by atoms with Crippen LogP contribution in [0.5, 0.6) is 11.5 Å². The summed E-state index contributed by atoms with van der Waals surface area (Å²) < 4.78 is 23.4. The summed E-state index contributed by atoms with van der Waals surface area (Å²) in [6.07, 6.45) is 8.49. The Bertz CT molecular complexity index is 1990. The first kappa shape index (κ1) is 36.8. The number of esters is 1. The minimum Gasteiger partial charge on any atom is -0.504 e. The zero-order valence-corrected chi connectivity index (χ0v) is 32.1. The first-order valence-corrected chi connectivity index (χ1v) is 20.0. The summed E-state index contributed by atoms with van der Waals surface area (Å²) in [5, 5.41) is 29.5. The van der Waals surface area contributed by atoms with E-state index in [0.29, 0.717) is 35.6 Å². The lowest BCUT2D eigenvalue weighted by molar-refractivity contribution is -0.139. The van der Waals surface area contributed by atoms with Crippen molar-refractivity contribution in [3.8, 4) is 11.5 Å². The van der Waals surface area contributed by atoms with Crippen molar-refractivity contribution in [2.75, 3.05) is 52.3 Å². The summed E-state index contributed by atoms with van der Waals surface area (Å²) in [5.41, 5.74) is 11.3. The summed E-state index contributed by atoms with van der Waals surface area (Å²) in [4.78, 5) is 20.7. The molecule has 8 unspecified atom stereocenters. The van der Waals surface area contributed by atoms with E-state index in [1.165, 1.54) is 42.8 Å². The van der Waals surface area contributed by atoms with E-state index in [1.807, 2.05) is 25.2 Å². The molecule has 1 aromatic heterocycles. The Labute approximate surface area is 320 Å². The SMILES string of the molecule is C1CC1.COc1cccc(C2C3C(C=CSCC4NCC(C)c5c4[nH]c4ccc(N)cc54)C4C(OC(C)=O)=CC5=C(OCO5)C4C(CO)N3CN2C)c1O. The smallest absolute Gasteiger partial charge is 0.307 e. The van der Waals surface area contributed by atoms with Gasteiger partial charge in [-0.25, -0.2) is 0 Å². The second-order valence-electron chi connectivity index (χ2n) is 15.2. The fraction of sp³-hybridized carbons (Fsp3) is 0.488. The number of aromatic hydroxyl groups is 1. The molecule has 288 valence electrons. The summed E-state index contributed by atoms with van der Waals surface area (Å²) in [6.45, 7) is 4.95. The van der Waals surface area contributed by atoms with Gasteiger partial charge < -0.3 is 45.2 Å². The van der Waals surface area contributed by atoms with Crippen LogP contribution in [0.15, 0.2) is 71.2 Å². The molecule has 3 aromatic rings. The number of ether oxygens (including phenoxy) is 4. The van der Waals surface area contributed by atoms with E-state index in [0.717, 1.165) is 29.1 Å². The summed E-state index contributed by atoms with van der Waals surface area (Å²) in [6, 6.07) is 10.9. The number of allylic oxidation sites excluding steroid dienone is 2. The first-order valence-electron chi connectivity index (χ1n) is 18.9. The number of carbonyl (C=O) groups excluding carboxylic acids is 1. The van der Waals surface area contributed by atoms with Gasteiger partial charge in [-0.1, -0.05) is 44.4 Å². The van der Waals surface area contributed by atoms with Gasteiger partial charge in [0.2, 0.25) is 6.79 Å². The molecule has 54 heavy (non-hydrogen) atoms. The monoisotopic (exact) mass is 757 g/mol. The van der Waals surface area contributed by atoms with E-state index >= 15 is 0 Å². The number of nitrogens with two attached hydrogens (primary N) is 1. The molecular weight excluding hydrogens is 707 g/mol. The normalized spacial score (nSPS) is 30.0. The number of nitrogens with one attached hydrogen (secondary N) is 2. The molecule has 5 heterocycles. The second-order valence-corrected chi connectivity index (χ2v) is 16.2. The van der Waals surface area contributed by atoms with Crippen molar-refractivity contribution in [1.29, 1.82) is 0 Å². The van der Waals surface area contributed by atoms with E-state index in [-0.39, 0.29) is 61.1 Å². The molecule has 2 saturated heterocycles. The number of hydrogen-bond donors (Lipinski definition) is 5. The number of carbonyl (C=O) groups is 1. The van der Waals surface area contributed by atoms with Crippen molar-refractivity contribution < 1.29 is 34.0 Å². The number of aliphatic hydroxyl groups is 1. The number of hydrogen-bond acceptors (Lipinski definition) is 12. The number of anilines is 1. The number of nitrogen functional groups attached to an aromatic ring is 1. The van der Waals surface area contributed by atoms with Crippen molar-refractivity contribution in [2.24, 2.45) is 17.8 Å². The zero-order chi connectivity index (χ0) is 37.7. The fourth-order valence-electron chi connectivity index (χ4n) is 9.24. The molecule has 6 N–H and O–H groups in total. The maximum absolute atomic E-state index is 12.6. The zero-order valence-electron chi connectivity index (χ0n) is 31.3. The van der Waals surface area contributed by atoms with Crippen molar-refractivity contribution in [3.05, 3.63) is 88.1 Å². The Morgan fingerprint density at radius 1 is 1.17 bits per heavy atom. The molecule has 4 aliphatic heterocycles. The number of methoxy groups -OCH3 is 1. The van der Waals surface area contributed by atoms with Gasteiger partial charge in [-0.2, -0.15) is 0 Å². The lowest BCUT2D eigenvalue weighted by Gasteiger charge is -2.52. The number of rotatable bonds is 8. The van der Waals surface area contributed by atoms with E-state index in [4.69, 9.17) is 24.7 Å². The Balaban J connectivity index is 0.00000131. The maximum atomic E-state index is 12.6. The lowest BCUT2D eigenvalue weighted by atomic mass is 9.65. The number of piperidine rings is 1. The Kier molecular flexibility index (Phi) is 10.4. The van der Waals surface area contributed by atoms with E-state index in [9.17, 15) is 15.0 Å². The predicted octanol–water partition coefficient (Wildman–Crippen LogP) is 5.84. The molecule has 3 fully saturated rings. The molecule has 0 spiro atoms. The van der Waals surface area contributed by atoms with Crippen molar-refractivity contribution in [1.82, 2.24) is 20.1 Å². The van der Waals surface area contributed by atoms with Crippen LogP contribution in [0.1, 0.15) is 67.9 Å².